The minimum atomic E-state index is -0.306. The molecular weight excluding hydrogens is 272 g/mol. The predicted octanol–water partition coefficient (Wildman–Crippen LogP) is 0.567. The van der Waals surface area contributed by atoms with Gasteiger partial charge < -0.3 is 15.8 Å². The number of halogens is 1. The summed E-state index contributed by atoms with van der Waals surface area (Å²) in [5.74, 6) is 0.491. The van der Waals surface area contributed by atoms with Crippen LogP contribution < -0.4 is 15.8 Å². The molecule has 0 fully saturated rings. The fraction of sp³-hybridized carbons (Fsp3) is 0.364. The summed E-state index contributed by atoms with van der Waals surface area (Å²) in [6.45, 7) is 2.32. The lowest BCUT2D eigenvalue weighted by Gasteiger charge is -2.11. The Labute approximate surface area is 103 Å². The van der Waals surface area contributed by atoms with Crippen molar-refractivity contribution in [1.82, 2.24) is 0 Å². The van der Waals surface area contributed by atoms with Crippen LogP contribution in [0, 0.1) is 0 Å². The van der Waals surface area contributed by atoms with Crippen molar-refractivity contribution in [3.05, 3.63) is 28.2 Å². The van der Waals surface area contributed by atoms with Crippen LogP contribution in [0.25, 0.3) is 0 Å². The standard InChI is InChI=1S/C11H15BrN2O2/c1-7(14-6-11(13)15)8-3-4-10(16-2)9(12)5-8/h3-5,7,14H,6H2,1-2H3,(H2,13,15)/p+1/t7-/m1/s1. The van der Waals surface area contributed by atoms with Gasteiger partial charge >= 0.3 is 0 Å². The number of amides is 1. The molecule has 1 aromatic rings. The molecule has 1 aromatic carbocycles. The number of carbonyl (C=O) groups is 1. The van der Waals surface area contributed by atoms with Crippen LogP contribution in [0.15, 0.2) is 22.7 Å². The van der Waals surface area contributed by atoms with Crippen LogP contribution in [0.4, 0.5) is 0 Å². The van der Waals surface area contributed by atoms with Crippen LogP contribution in [0.3, 0.4) is 0 Å². The van der Waals surface area contributed by atoms with Crippen LogP contribution in [0.2, 0.25) is 0 Å². The van der Waals surface area contributed by atoms with E-state index in [9.17, 15) is 4.79 Å². The summed E-state index contributed by atoms with van der Waals surface area (Å²) >= 11 is 3.43. The van der Waals surface area contributed by atoms with Crippen molar-refractivity contribution in [2.45, 2.75) is 13.0 Å². The molecule has 4 nitrogen and oxygen atoms in total. The normalized spacial score (nSPS) is 12.2. The molecule has 16 heavy (non-hydrogen) atoms. The van der Waals surface area contributed by atoms with E-state index in [0.29, 0.717) is 6.54 Å². The Morgan fingerprint density at radius 1 is 1.62 bits per heavy atom. The highest BCUT2D eigenvalue weighted by Crippen LogP contribution is 2.26. The molecule has 0 saturated heterocycles. The van der Waals surface area contributed by atoms with E-state index in [-0.39, 0.29) is 11.9 Å². The molecule has 1 amide bonds. The number of quaternary nitrogens is 1. The maximum atomic E-state index is 10.7. The van der Waals surface area contributed by atoms with Crippen molar-refractivity contribution in [1.29, 1.82) is 0 Å². The number of ether oxygens (including phenoxy) is 1. The highest BCUT2D eigenvalue weighted by molar-refractivity contribution is 9.10. The molecule has 0 radical (unpaired) electrons. The molecule has 0 aliphatic rings. The average molecular weight is 288 g/mol. The molecule has 1 rings (SSSR count). The summed E-state index contributed by atoms with van der Waals surface area (Å²) in [4.78, 5) is 10.7. The first-order valence-electron chi connectivity index (χ1n) is 4.99. The number of nitrogens with two attached hydrogens (primary N) is 2. The minimum absolute atomic E-state index is 0.190. The lowest BCUT2D eigenvalue weighted by molar-refractivity contribution is -0.682. The number of hydrogen-bond donors (Lipinski definition) is 2. The second-order valence-corrected chi connectivity index (χ2v) is 4.44. The van der Waals surface area contributed by atoms with Gasteiger partial charge in [-0.1, -0.05) is 0 Å². The van der Waals surface area contributed by atoms with E-state index >= 15 is 0 Å². The number of hydrogen-bond acceptors (Lipinski definition) is 2. The molecule has 1 atom stereocenters. The Bertz CT molecular complexity index is 382. The highest BCUT2D eigenvalue weighted by Gasteiger charge is 2.11. The molecular formula is C11H16BrN2O2+. The van der Waals surface area contributed by atoms with E-state index in [2.05, 4.69) is 15.9 Å². The van der Waals surface area contributed by atoms with Crippen LogP contribution in [-0.2, 0) is 4.79 Å². The summed E-state index contributed by atoms with van der Waals surface area (Å²) in [6, 6.07) is 6.05. The molecule has 0 bridgehead atoms. The van der Waals surface area contributed by atoms with Crippen LogP contribution in [-0.4, -0.2) is 19.6 Å². The molecule has 0 saturated carbocycles. The minimum Gasteiger partial charge on any atom is -0.496 e. The van der Waals surface area contributed by atoms with Crippen LogP contribution in [0.1, 0.15) is 18.5 Å². The molecule has 0 unspecified atom stereocenters. The van der Waals surface area contributed by atoms with Crippen molar-refractivity contribution in [3.63, 3.8) is 0 Å². The molecule has 4 N–H and O–H groups in total. The molecule has 0 spiro atoms. The Morgan fingerprint density at radius 2 is 2.31 bits per heavy atom. The Hall–Kier alpha value is -1.07. The zero-order chi connectivity index (χ0) is 12.1. The smallest absolute Gasteiger partial charge is 0.272 e. The first kappa shape index (κ1) is 13.0. The summed E-state index contributed by atoms with van der Waals surface area (Å²) in [5.41, 5.74) is 6.21. The second-order valence-electron chi connectivity index (χ2n) is 3.59. The zero-order valence-corrected chi connectivity index (χ0v) is 11.0. The summed E-state index contributed by atoms with van der Waals surface area (Å²) in [7, 11) is 1.63. The van der Waals surface area contributed by atoms with Crippen molar-refractivity contribution in [2.24, 2.45) is 5.73 Å². The maximum absolute atomic E-state index is 10.7. The van der Waals surface area contributed by atoms with Crippen molar-refractivity contribution < 1.29 is 14.8 Å². The van der Waals surface area contributed by atoms with Gasteiger partial charge in [0.1, 0.15) is 11.8 Å². The number of methoxy groups -OCH3 is 1. The monoisotopic (exact) mass is 287 g/mol. The van der Waals surface area contributed by atoms with Crippen molar-refractivity contribution in [2.75, 3.05) is 13.7 Å². The fourth-order valence-electron chi connectivity index (χ4n) is 1.39. The van der Waals surface area contributed by atoms with Gasteiger partial charge in [-0.3, -0.25) is 4.79 Å². The number of benzene rings is 1. The van der Waals surface area contributed by atoms with E-state index in [0.717, 1.165) is 15.8 Å². The summed E-state index contributed by atoms with van der Waals surface area (Å²) < 4.78 is 6.06. The van der Waals surface area contributed by atoms with Gasteiger partial charge in [-0.05, 0) is 41.1 Å². The first-order valence-corrected chi connectivity index (χ1v) is 5.79. The average Bonchev–Trinajstić information content (AvgIpc) is 2.25. The van der Waals surface area contributed by atoms with E-state index in [1.807, 2.05) is 30.4 Å². The van der Waals surface area contributed by atoms with Crippen LogP contribution in [0.5, 0.6) is 5.75 Å². The van der Waals surface area contributed by atoms with E-state index in [1.165, 1.54) is 0 Å². The SMILES string of the molecule is COc1ccc([C@@H](C)[NH2+]CC(N)=O)cc1Br. The van der Waals surface area contributed by atoms with Gasteiger partial charge in [-0.25, -0.2) is 0 Å². The summed E-state index contributed by atoms with van der Waals surface area (Å²) in [5, 5.41) is 1.90. The van der Waals surface area contributed by atoms with Gasteiger partial charge in [-0.2, -0.15) is 0 Å². The summed E-state index contributed by atoms with van der Waals surface area (Å²) in [6.07, 6.45) is 0. The quantitative estimate of drug-likeness (QED) is 0.831. The Kier molecular flexibility index (Phi) is 4.76. The number of primary amides is 1. The maximum Gasteiger partial charge on any atom is 0.272 e. The molecule has 88 valence electrons. The lowest BCUT2D eigenvalue weighted by atomic mass is 10.1. The first-order chi connectivity index (χ1) is 7.54. The van der Waals surface area contributed by atoms with Crippen molar-refractivity contribution in [3.8, 4) is 5.75 Å². The third-order valence-corrected chi connectivity index (χ3v) is 2.99. The number of rotatable bonds is 5. The van der Waals surface area contributed by atoms with Gasteiger partial charge in [0.25, 0.3) is 5.91 Å². The van der Waals surface area contributed by atoms with Gasteiger partial charge in [0, 0.05) is 5.56 Å². The lowest BCUT2D eigenvalue weighted by Crippen LogP contribution is -2.86. The third kappa shape index (κ3) is 3.50. The fourth-order valence-corrected chi connectivity index (χ4v) is 1.95. The zero-order valence-electron chi connectivity index (χ0n) is 9.37. The van der Waals surface area contributed by atoms with Gasteiger partial charge in [0.2, 0.25) is 0 Å². The molecule has 0 aliphatic heterocycles. The molecule has 5 heteroatoms. The molecule has 0 heterocycles. The molecule has 0 aliphatic carbocycles. The Morgan fingerprint density at radius 3 is 2.81 bits per heavy atom. The molecule has 0 aromatic heterocycles. The third-order valence-electron chi connectivity index (χ3n) is 2.37. The van der Waals surface area contributed by atoms with Crippen LogP contribution >= 0.6 is 15.9 Å². The van der Waals surface area contributed by atoms with Crippen molar-refractivity contribution >= 4 is 21.8 Å². The van der Waals surface area contributed by atoms with Gasteiger partial charge in [0.15, 0.2) is 6.54 Å². The van der Waals surface area contributed by atoms with E-state index in [4.69, 9.17) is 10.5 Å². The predicted molar refractivity (Wildman–Crippen MR) is 65.1 cm³/mol. The van der Waals surface area contributed by atoms with E-state index < -0.39 is 0 Å². The van der Waals surface area contributed by atoms with E-state index in [1.54, 1.807) is 7.11 Å². The van der Waals surface area contributed by atoms with Gasteiger partial charge in [-0.15, -0.1) is 0 Å². The largest absolute Gasteiger partial charge is 0.496 e. The highest BCUT2D eigenvalue weighted by atomic mass is 79.9. The Balaban J connectivity index is 2.72. The topological polar surface area (TPSA) is 68.9 Å². The van der Waals surface area contributed by atoms with Gasteiger partial charge in [0.05, 0.1) is 11.6 Å². The number of carbonyl (C=O) groups excluding carboxylic acids is 1. The second kappa shape index (κ2) is 5.86.